The Bertz CT molecular complexity index is 603. The molecule has 0 aromatic heterocycles. The SMILES string of the molecule is CNCCCN(C)S(=O)(=O)c1ccc([N+](=O)[O-])cc1OC. The second-order valence-corrected chi connectivity index (χ2v) is 6.39. The summed E-state index contributed by atoms with van der Waals surface area (Å²) < 4.78 is 31.1. The molecular formula is C12H19N3O5S. The molecule has 0 unspecified atom stereocenters. The largest absolute Gasteiger partial charge is 0.495 e. The highest BCUT2D eigenvalue weighted by Crippen LogP contribution is 2.30. The molecule has 0 heterocycles. The van der Waals surface area contributed by atoms with Gasteiger partial charge < -0.3 is 10.1 Å². The van der Waals surface area contributed by atoms with Crippen molar-refractivity contribution in [2.24, 2.45) is 0 Å². The van der Waals surface area contributed by atoms with Crippen molar-refractivity contribution in [3.63, 3.8) is 0 Å². The van der Waals surface area contributed by atoms with Crippen LogP contribution in [0, 0.1) is 10.1 Å². The molecule has 1 aromatic carbocycles. The lowest BCUT2D eigenvalue weighted by atomic mass is 10.3. The van der Waals surface area contributed by atoms with Crippen LogP contribution >= 0.6 is 0 Å². The molecule has 1 N–H and O–H groups in total. The lowest BCUT2D eigenvalue weighted by Gasteiger charge is -2.18. The highest BCUT2D eigenvalue weighted by molar-refractivity contribution is 7.89. The van der Waals surface area contributed by atoms with Crippen molar-refractivity contribution in [1.82, 2.24) is 9.62 Å². The molecule has 1 aromatic rings. The van der Waals surface area contributed by atoms with Crippen LogP contribution in [-0.2, 0) is 10.0 Å². The summed E-state index contributed by atoms with van der Waals surface area (Å²) in [5.41, 5.74) is -0.219. The number of benzene rings is 1. The van der Waals surface area contributed by atoms with Gasteiger partial charge in [-0.25, -0.2) is 12.7 Å². The summed E-state index contributed by atoms with van der Waals surface area (Å²) in [4.78, 5) is 10.0. The van der Waals surface area contributed by atoms with Crippen LogP contribution in [0.4, 0.5) is 5.69 Å². The number of methoxy groups -OCH3 is 1. The maximum atomic E-state index is 12.4. The van der Waals surface area contributed by atoms with Crippen molar-refractivity contribution in [2.45, 2.75) is 11.3 Å². The van der Waals surface area contributed by atoms with Crippen LogP contribution in [0.15, 0.2) is 23.1 Å². The second kappa shape index (κ2) is 7.34. The van der Waals surface area contributed by atoms with E-state index in [4.69, 9.17) is 4.74 Å². The van der Waals surface area contributed by atoms with Gasteiger partial charge in [0, 0.05) is 19.7 Å². The minimum Gasteiger partial charge on any atom is -0.495 e. The molecule has 1 rings (SSSR count). The number of non-ortho nitro benzene ring substituents is 1. The van der Waals surface area contributed by atoms with E-state index in [0.29, 0.717) is 19.5 Å². The predicted octanol–water partition coefficient (Wildman–Crippen LogP) is 0.833. The predicted molar refractivity (Wildman–Crippen MR) is 78.0 cm³/mol. The Kier molecular flexibility index (Phi) is 6.06. The zero-order valence-corrected chi connectivity index (χ0v) is 13.0. The Hall–Kier alpha value is -1.71. The molecule has 9 heteroatoms. The highest BCUT2D eigenvalue weighted by atomic mass is 32.2. The van der Waals surface area contributed by atoms with Crippen LogP contribution in [0.25, 0.3) is 0 Å². The molecule has 0 aliphatic carbocycles. The zero-order valence-electron chi connectivity index (χ0n) is 12.2. The number of nitro benzene ring substituents is 1. The molecule has 0 atom stereocenters. The van der Waals surface area contributed by atoms with E-state index in [9.17, 15) is 18.5 Å². The van der Waals surface area contributed by atoms with Gasteiger partial charge in [-0.2, -0.15) is 0 Å². The second-order valence-electron chi connectivity index (χ2n) is 4.38. The van der Waals surface area contributed by atoms with Gasteiger partial charge in [0.2, 0.25) is 10.0 Å². The third kappa shape index (κ3) is 4.13. The maximum Gasteiger partial charge on any atom is 0.273 e. The van der Waals surface area contributed by atoms with Crippen LogP contribution in [-0.4, -0.2) is 51.9 Å². The average Bonchev–Trinajstić information content (AvgIpc) is 2.46. The third-order valence-electron chi connectivity index (χ3n) is 2.95. The van der Waals surface area contributed by atoms with Crippen LogP contribution < -0.4 is 10.1 Å². The number of nitrogens with zero attached hydrogens (tertiary/aromatic N) is 2. The van der Waals surface area contributed by atoms with Gasteiger partial charge >= 0.3 is 0 Å². The zero-order chi connectivity index (χ0) is 16.0. The number of hydrogen-bond donors (Lipinski definition) is 1. The van der Waals surface area contributed by atoms with Crippen LogP contribution in [0.1, 0.15) is 6.42 Å². The van der Waals surface area contributed by atoms with Crippen molar-refractivity contribution >= 4 is 15.7 Å². The molecule has 0 radical (unpaired) electrons. The third-order valence-corrected chi connectivity index (χ3v) is 4.84. The Morgan fingerprint density at radius 3 is 2.62 bits per heavy atom. The molecule has 8 nitrogen and oxygen atoms in total. The van der Waals surface area contributed by atoms with Crippen LogP contribution in [0.3, 0.4) is 0 Å². The van der Waals surface area contributed by atoms with Gasteiger partial charge in [0.15, 0.2) is 0 Å². The number of nitro groups is 1. The van der Waals surface area contributed by atoms with Crippen molar-refractivity contribution in [3.8, 4) is 5.75 Å². The summed E-state index contributed by atoms with van der Waals surface area (Å²) in [7, 11) is 0.780. The smallest absolute Gasteiger partial charge is 0.273 e. The summed E-state index contributed by atoms with van der Waals surface area (Å²) in [6.07, 6.45) is 0.654. The fraction of sp³-hybridized carbons (Fsp3) is 0.500. The minimum absolute atomic E-state index is 0.0373. The quantitative estimate of drug-likeness (QED) is 0.433. The fourth-order valence-electron chi connectivity index (χ4n) is 1.75. The summed E-state index contributed by atoms with van der Waals surface area (Å²) in [6.45, 7) is 1.03. The molecule has 0 fully saturated rings. The van der Waals surface area contributed by atoms with Gasteiger partial charge in [0.05, 0.1) is 18.1 Å². The monoisotopic (exact) mass is 317 g/mol. The molecule has 21 heavy (non-hydrogen) atoms. The van der Waals surface area contributed by atoms with E-state index in [1.165, 1.54) is 24.5 Å². The first-order chi connectivity index (χ1) is 9.84. The van der Waals surface area contributed by atoms with Crippen molar-refractivity contribution in [1.29, 1.82) is 0 Å². The van der Waals surface area contributed by atoms with E-state index in [1.807, 2.05) is 0 Å². The fourth-order valence-corrected chi connectivity index (χ4v) is 3.09. The Labute approximate surface area is 123 Å². The molecule has 118 valence electrons. The lowest BCUT2D eigenvalue weighted by molar-refractivity contribution is -0.385. The molecule has 0 amide bonds. The average molecular weight is 317 g/mol. The van der Waals surface area contributed by atoms with E-state index >= 15 is 0 Å². The molecule has 0 saturated heterocycles. The number of ether oxygens (including phenoxy) is 1. The standard InChI is InChI=1S/C12H19N3O5S/c1-13-7-4-8-14(2)21(18,19)12-6-5-10(15(16)17)9-11(12)20-3/h5-6,9,13H,4,7-8H2,1-3H3. The number of sulfonamides is 1. The number of rotatable bonds is 8. The van der Waals surface area contributed by atoms with Gasteiger partial charge in [-0.05, 0) is 26.1 Å². The van der Waals surface area contributed by atoms with E-state index in [-0.39, 0.29) is 16.3 Å². The van der Waals surface area contributed by atoms with Crippen molar-refractivity contribution < 1.29 is 18.1 Å². The summed E-state index contributed by atoms with van der Waals surface area (Å²) in [6, 6.07) is 3.45. The van der Waals surface area contributed by atoms with Crippen LogP contribution in [0.2, 0.25) is 0 Å². The molecule has 0 spiro atoms. The van der Waals surface area contributed by atoms with E-state index in [0.717, 1.165) is 12.1 Å². The first-order valence-electron chi connectivity index (χ1n) is 6.28. The van der Waals surface area contributed by atoms with Gasteiger partial charge in [-0.3, -0.25) is 10.1 Å². The highest BCUT2D eigenvalue weighted by Gasteiger charge is 2.26. The molecule has 0 bridgehead atoms. The topological polar surface area (TPSA) is 102 Å². The van der Waals surface area contributed by atoms with E-state index in [2.05, 4.69) is 5.32 Å². The van der Waals surface area contributed by atoms with E-state index in [1.54, 1.807) is 7.05 Å². The van der Waals surface area contributed by atoms with Gasteiger partial charge in [0.25, 0.3) is 5.69 Å². The first kappa shape index (κ1) is 17.3. The molecule has 0 aliphatic rings. The Morgan fingerprint density at radius 1 is 1.43 bits per heavy atom. The Balaban J connectivity index is 3.10. The lowest BCUT2D eigenvalue weighted by Crippen LogP contribution is -2.29. The summed E-state index contributed by atoms with van der Waals surface area (Å²) >= 11 is 0. The maximum absolute atomic E-state index is 12.4. The first-order valence-corrected chi connectivity index (χ1v) is 7.72. The van der Waals surface area contributed by atoms with Gasteiger partial charge in [-0.15, -0.1) is 0 Å². The normalized spacial score (nSPS) is 11.6. The van der Waals surface area contributed by atoms with Crippen molar-refractivity contribution in [2.75, 3.05) is 34.3 Å². The van der Waals surface area contributed by atoms with Crippen molar-refractivity contribution in [3.05, 3.63) is 28.3 Å². The van der Waals surface area contributed by atoms with E-state index < -0.39 is 14.9 Å². The minimum atomic E-state index is -3.75. The molecular weight excluding hydrogens is 298 g/mol. The Morgan fingerprint density at radius 2 is 2.10 bits per heavy atom. The summed E-state index contributed by atoms with van der Waals surface area (Å²) in [5.74, 6) is -0.0373. The van der Waals surface area contributed by atoms with Crippen LogP contribution in [0.5, 0.6) is 5.75 Å². The van der Waals surface area contributed by atoms with Gasteiger partial charge in [0.1, 0.15) is 10.6 Å². The number of nitrogens with one attached hydrogen (secondary N) is 1. The van der Waals surface area contributed by atoms with Gasteiger partial charge in [-0.1, -0.05) is 0 Å². The molecule has 0 aliphatic heterocycles. The molecule has 0 saturated carbocycles. The number of hydrogen-bond acceptors (Lipinski definition) is 6. The summed E-state index contributed by atoms with van der Waals surface area (Å²) in [5, 5.41) is 13.7.